The van der Waals surface area contributed by atoms with Crippen LogP contribution in [0.25, 0.3) is 0 Å². The van der Waals surface area contributed by atoms with Gasteiger partial charge in [-0.05, 0) is 23.3 Å². The van der Waals surface area contributed by atoms with Gasteiger partial charge in [0.25, 0.3) is 0 Å². The highest BCUT2D eigenvalue weighted by atomic mass is 19.4. The molecule has 2 aromatic rings. The smallest absolute Gasteiger partial charge is 0.323 e. The minimum absolute atomic E-state index is 0.374. The first-order valence-corrected chi connectivity index (χ1v) is 6.71. The molecule has 0 fully saturated rings. The minimum Gasteiger partial charge on any atom is -0.323 e. The van der Waals surface area contributed by atoms with Gasteiger partial charge in [0.2, 0.25) is 0 Å². The largest absolute Gasteiger partial charge is 0.416 e. The van der Waals surface area contributed by atoms with Crippen LogP contribution in [0.15, 0.2) is 54.6 Å². The molecule has 0 bridgehead atoms. The van der Waals surface area contributed by atoms with E-state index in [9.17, 15) is 13.2 Å². The zero-order valence-electron chi connectivity index (χ0n) is 12.0. The first-order chi connectivity index (χ1) is 9.73. The molecule has 21 heavy (non-hydrogen) atoms. The molecule has 4 heteroatoms. The summed E-state index contributed by atoms with van der Waals surface area (Å²) in [6, 6.07) is 14.4. The van der Waals surface area contributed by atoms with Gasteiger partial charge in [-0.15, -0.1) is 0 Å². The number of alkyl halides is 3. The number of halogens is 3. The highest BCUT2D eigenvalue weighted by Gasteiger charge is 2.32. The second-order valence-electron chi connectivity index (χ2n) is 5.69. The maximum atomic E-state index is 12.6. The Labute approximate surface area is 122 Å². The van der Waals surface area contributed by atoms with Crippen molar-refractivity contribution in [3.05, 3.63) is 71.3 Å². The zero-order valence-corrected chi connectivity index (χ0v) is 12.0. The number of nitrogens with two attached hydrogens (primary N) is 1. The van der Waals surface area contributed by atoms with Crippen molar-refractivity contribution < 1.29 is 13.2 Å². The van der Waals surface area contributed by atoms with E-state index in [0.717, 1.165) is 17.7 Å². The molecule has 112 valence electrons. The lowest BCUT2D eigenvalue weighted by Crippen LogP contribution is -2.33. The summed E-state index contributed by atoms with van der Waals surface area (Å²) in [4.78, 5) is 0. The fourth-order valence-corrected chi connectivity index (χ4v) is 2.34. The molecule has 1 atom stereocenters. The molecule has 0 amide bonds. The highest BCUT2D eigenvalue weighted by molar-refractivity contribution is 5.33. The molecule has 0 radical (unpaired) electrons. The normalized spacial score (nSPS) is 14.0. The number of hydrogen-bond acceptors (Lipinski definition) is 1. The van der Waals surface area contributed by atoms with Crippen LogP contribution in [0.1, 0.15) is 36.6 Å². The van der Waals surface area contributed by atoms with Gasteiger partial charge in [-0.1, -0.05) is 56.3 Å². The van der Waals surface area contributed by atoms with E-state index in [0.29, 0.717) is 5.56 Å². The van der Waals surface area contributed by atoms with Crippen LogP contribution in [-0.2, 0) is 11.6 Å². The van der Waals surface area contributed by atoms with Crippen molar-refractivity contribution in [3.8, 4) is 0 Å². The van der Waals surface area contributed by atoms with Gasteiger partial charge < -0.3 is 5.73 Å². The van der Waals surface area contributed by atoms with Gasteiger partial charge >= 0.3 is 6.18 Å². The predicted octanol–water partition coefficient (Wildman–Crippen LogP) is 4.68. The maximum Gasteiger partial charge on any atom is 0.416 e. The summed E-state index contributed by atoms with van der Waals surface area (Å²) in [6.45, 7) is 3.98. The summed E-state index contributed by atoms with van der Waals surface area (Å²) in [5, 5.41) is 0. The lowest BCUT2D eigenvalue weighted by Gasteiger charge is -2.32. The van der Waals surface area contributed by atoms with Crippen LogP contribution in [0.3, 0.4) is 0 Å². The Morgan fingerprint density at radius 3 is 1.81 bits per heavy atom. The molecule has 0 aliphatic carbocycles. The molecule has 2 N–H and O–H groups in total. The average molecular weight is 293 g/mol. The molecule has 0 saturated carbocycles. The fourth-order valence-electron chi connectivity index (χ4n) is 2.34. The standard InChI is InChI=1S/C17H18F3N/c1-16(2,13-6-4-3-5-7-13)15(21)12-8-10-14(11-9-12)17(18,19)20/h3-11,15H,21H2,1-2H3. The van der Waals surface area contributed by atoms with Crippen molar-refractivity contribution in [2.45, 2.75) is 31.5 Å². The molecule has 0 saturated heterocycles. The van der Waals surface area contributed by atoms with Crippen molar-refractivity contribution in [2.75, 3.05) is 0 Å². The highest BCUT2D eigenvalue weighted by Crippen LogP contribution is 2.36. The molecule has 0 aliphatic heterocycles. The summed E-state index contributed by atoms with van der Waals surface area (Å²) in [7, 11) is 0. The van der Waals surface area contributed by atoms with Crippen molar-refractivity contribution in [2.24, 2.45) is 5.73 Å². The number of hydrogen-bond donors (Lipinski definition) is 1. The molecule has 0 aromatic heterocycles. The van der Waals surface area contributed by atoms with Crippen molar-refractivity contribution in [1.82, 2.24) is 0 Å². The first-order valence-electron chi connectivity index (χ1n) is 6.71. The Kier molecular flexibility index (Phi) is 4.10. The van der Waals surface area contributed by atoms with E-state index in [1.165, 1.54) is 12.1 Å². The van der Waals surface area contributed by atoms with Crippen molar-refractivity contribution in [1.29, 1.82) is 0 Å². The molecule has 0 heterocycles. The third-order valence-electron chi connectivity index (χ3n) is 3.89. The van der Waals surface area contributed by atoms with Gasteiger partial charge in [0.05, 0.1) is 5.56 Å². The Morgan fingerprint density at radius 1 is 0.810 bits per heavy atom. The Morgan fingerprint density at radius 2 is 1.33 bits per heavy atom. The topological polar surface area (TPSA) is 26.0 Å². The average Bonchev–Trinajstić information content (AvgIpc) is 2.46. The van der Waals surface area contributed by atoms with Crippen LogP contribution >= 0.6 is 0 Å². The summed E-state index contributed by atoms with van der Waals surface area (Å²) in [6.07, 6.45) is -4.32. The second kappa shape index (κ2) is 5.53. The quantitative estimate of drug-likeness (QED) is 0.873. The van der Waals surface area contributed by atoms with E-state index in [4.69, 9.17) is 5.73 Å². The van der Waals surface area contributed by atoms with E-state index >= 15 is 0 Å². The maximum absolute atomic E-state index is 12.6. The van der Waals surface area contributed by atoms with E-state index in [2.05, 4.69) is 0 Å². The summed E-state index contributed by atoms with van der Waals surface area (Å²) in [5.41, 5.74) is 7.00. The zero-order chi connectivity index (χ0) is 15.7. The molecule has 0 aliphatic rings. The van der Waals surface area contributed by atoms with Crippen LogP contribution < -0.4 is 5.73 Å². The van der Waals surface area contributed by atoms with Crippen LogP contribution in [0.4, 0.5) is 13.2 Å². The van der Waals surface area contributed by atoms with E-state index in [1.54, 1.807) is 0 Å². The molecule has 0 spiro atoms. The SMILES string of the molecule is CC(C)(c1ccccc1)C(N)c1ccc(C(F)(F)F)cc1. The van der Waals surface area contributed by atoms with Crippen molar-refractivity contribution in [3.63, 3.8) is 0 Å². The molecule has 2 aromatic carbocycles. The minimum atomic E-state index is -4.32. The molecular formula is C17H18F3N. The fraction of sp³-hybridized carbons (Fsp3) is 0.294. The Bertz CT molecular complexity index is 586. The van der Waals surface area contributed by atoms with Crippen molar-refractivity contribution >= 4 is 0 Å². The monoisotopic (exact) mass is 293 g/mol. The number of rotatable bonds is 3. The first kappa shape index (κ1) is 15.6. The third kappa shape index (κ3) is 3.27. The summed E-state index contributed by atoms with van der Waals surface area (Å²) in [5.74, 6) is 0. The lowest BCUT2D eigenvalue weighted by molar-refractivity contribution is -0.137. The molecular weight excluding hydrogens is 275 g/mol. The summed E-state index contributed by atoms with van der Waals surface area (Å²) >= 11 is 0. The van der Waals surface area contributed by atoms with Gasteiger partial charge in [0.1, 0.15) is 0 Å². The Hall–Kier alpha value is -1.81. The van der Waals surface area contributed by atoms with Crippen LogP contribution in [0, 0.1) is 0 Å². The second-order valence-corrected chi connectivity index (χ2v) is 5.69. The Balaban J connectivity index is 2.29. The third-order valence-corrected chi connectivity index (χ3v) is 3.89. The van der Waals surface area contributed by atoms with E-state index < -0.39 is 11.7 Å². The van der Waals surface area contributed by atoms with Crippen LogP contribution in [0.2, 0.25) is 0 Å². The molecule has 1 nitrogen and oxygen atoms in total. The van der Waals surface area contributed by atoms with Gasteiger partial charge in [-0.2, -0.15) is 13.2 Å². The molecule has 1 unspecified atom stereocenters. The van der Waals surface area contributed by atoms with Gasteiger partial charge in [0, 0.05) is 11.5 Å². The van der Waals surface area contributed by atoms with E-state index in [-0.39, 0.29) is 11.5 Å². The van der Waals surface area contributed by atoms with Crippen LogP contribution in [0.5, 0.6) is 0 Å². The van der Waals surface area contributed by atoms with Crippen LogP contribution in [-0.4, -0.2) is 0 Å². The molecule has 2 rings (SSSR count). The number of benzene rings is 2. The van der Waals surface area contributed by atoms with E-state index in [1.807, 2.05) is 44.2 Å². The van der Waals surface area contributed by atoms with Gasteiger partial charge in [-0.25, -0.2) is 0 Å². The van der Waals surface area contributed by atoms with Gasteiger partial charge in [-0.3, -0.25) is 0 Å². The van der Waals surface area contributed by atoms with Gasteiger partial charge in [0.15, 0.2) is 0 Å². The lowest BCUT2D eigenvalue weighted by atomic mass is 9.75. The predicted molar refractivity (Wildman–Crippen MR) is 77.8 cm³/mol. The summed E-state index contributed by atoms with van der Waals surface area (Å²) < 4.78 is 37.8.